The number of hydrogen-bond donors (Lipinski definition) is 3. The zero-order valence-electron chi connectivity index (χ0n) is 7.51. The molecule has 1 heterocycles. The van der Waals surface area contributed by atoms with Crippen LogP contribution in [0.3, 0.4) is 0 Å². The van der Waals surface area contributed by atoms with Crippen LogP contribution in [0, 0.1) is 23.7 Å². The Morgan fingerprint density at radius 2 is 2.21 bits per heavy atom. The fourth-order valence-corrected chi connectivity index (χ4v) is 3.62. The molecule has 2 aliphatic carbocycles. The number of carbonyl (C=O) groups excluding carboxylic acids is 1. The normalized spacial score (nSPS) is 53.6. The molecule has 4 N–H and O–H groups in total. The van der Waals surface area contributed by atoms with Crippen molar-refractivity contribution in [1.29, 1.82) is 0 Å². The van der Waals surface area contributed by atoms with Gasteiger partial charge in [-0.1, -0.05) is 0 Å². The summed E-state index contributed by atoms with van der Waals surface area (Å²) in [5, 5.41) is 11.9. The van der Waals surface area contributed by atoms with E-state index in [1.54, 1.807) is 0 Å². The van der Waals surface area contributed by atoms with Crippen LogP contribution in [-0.2, 0) is 9.59 Å². The van der Waals surface area contributed by atoms with Gasteiger partial charge in [-0.25, -0.2) is 0 Å². The van der Waals surface area contributed by atoms with E-state index in [1.165, 1.54) is 0 Å². The Balaban J connectivity index is 2.04. The van der Waals surface area contributed by atoms with E-state index in [-0.39, 0.29) is 35.7 Å². The molecule has 3 fully saturated rings. The first kappa shape index (κ1) is 8.23. The van der Waals surface area contributed by atoms with Crippen LogP contribution in [0.1, 0.15) is 6.42 Å². The van der Waals surface area contributed by atoms with Gasteiger partial charge in [0.1, 0.15) is 0 Å². The molecular formula is C9H12N2O3. The average molecular weight is 196 g/mol. The van der Waals surface area contributed by atoms with Gasteiger partial charge in [0.05, 0.1) is 11.8 Å². The molecule has 14 heavy (non-hydrogen) atoms. The maximum absolute atomic E-state index is 11.5. The number of amides is 1. The Kier molecular flexibility index (Phi) is 1.34. The molecule has 3 rings (SSSR count). The molecule has 5 heteroatoms. The Labute approximate surface area is 80.6 Å². The van der Waals surface area contributed by atoms with Gasteiger partial charge in [-0.05, 0) is 18.3 Å². The lowest BCUT2D eigenvalue weighted by Gasteiger charge is -2.27. The van der Waals surface area contributed by atoms with Crippen molar-refractivity contribution in [3.8, 4) is 0 Å². The monoisotopic (exact) mass is 196 g/mol. The van der Waals surface area contributed by atoms with Crippen LogP contribution < -0.4 is 11.1 Å². The minimum Gasteiger partial charge on any atom is -0.481 e. The second kappa shape index (κ2) is 2.28. The largest absolute Gasteiger partial charge is 0.481 e. The van der Waals surface area contributed by atoms with E-state index in [4.69, 9.17) is 10.8 Å². The molecule has 0 aromatic rings. The maximum atomic E-state index is 11.5. The molecule has 6 atom stereocenters. The lowest BCUT2D eigenvalue weighted by atomic mass is 9.78. The Morgan fingerprint density at radius 1 is 1.50 bits per heavy atom. The van der Waals surface area contributed by atoms with Gasteiger partial charge in [0, 0.05) is 12.1 Å². The van der Waals surface area contributed by atoms with Crippen molar-refractivity contribution in [2.24, 2.45) is 29.4 Å². The Hall–Kier alpha value is -1.10. The summed E-state index contributed by atoms with van der Waals surface area (Å²) in [4.78, 5) is 22.6. The van der Waals surface area contributed by atoms with E-state index in [2.05, 4.69) is 5.32 Å². The number of hydrogen-bond acceptors (Lipinski definition) is 3. The number of aliphatic carboxylic acids is 1. The van der Waals surface area contributed by atoms with Gasteiger partial charge >= 0.3 is 5.97 Å². The number of carbonyl (C=O) groups is 2. The van der Waals surface area contributed by atoms with Crippen molar-refractivity contribution in [3.63, 3.8) is 0 Å². The van der Waals surface area contributed by atoms with Crippen LogP contribution in [0.15, 0.2) is 0 Å². The third-order valence-corrected chi connectivity index (χ3v) is 4.12. The van der Waals surface area contributed by atoms with E-state index in [1.807, 2.05) is 0 Å². The van der Waals surface area contributed by atoms with Gasteiger partial charge in [0.2, 0.25) is 5.91 Å². The molecule has 0 unspecified atom stereocenters. The van der Waals surface area contributed by atoms with Crippen molar-refractivity contribution in [3.05, 3.63) is 0 Å². The van der Waals surface area contributed by atoms with Gasteiger partial charge in [0.15, 0.2) is 0 Å². The van der Waals surface area contributed by atoms with E-state index in [9.17, 15) is 9.59 Å². The van der Waals surface area contributed by atoms with E-state index >= 15 is 0 Å². The topological polar surface area (TPSA) is 92.4 Å². The van der Waals surface area contributed by atoms with Crippen LogP contribution in [0.5, 0.6) is 0 Å². The van der Waals surface area contributed by atoms with Crippen molar-refractivity contribution >= 4 is 11.9 Å². The number of nitrogens with one attached hydrogen (secondary N) is 1. The fourth-order valence-electron chi connectivity index (χ4n) is 3.62. The predicted octanol–water partition coefficient (Wildman–Crippen LogP) is -1.22. The predicted molar refractivity (Wildman–Crippen MR) is 46.1 cm³/mol. The van der Waals surface area contributed by atoms with E-state index in [0.717, 1.165) is 6.42 Å². The molecule has 0 aromatic heterocycles. The highest BCUT2D eigenvalue weighted by atomic mass is 16.4. The summed E-state index contributed by atoms with van der Waals surface area (Å²) in [7, 11) is 0. The first-order chi connectivity index (χ1) is 6.61. The summed E-state index contributed by atoms with van der Waals surface area (Å²) < 4.78 is 0. The molecular weight excluding hydrogens is 184 g/mol. The van der Waals surface area contributed by atoms with Gasteiger partial charge in [-0.3, -0.25) is 9.59 Å². The van der Waals surface area contributed by atoms with E-state index < -0.39 is 11.9 Å². The summed E-state index contributed by atoms with van der Waals surface area (Å²) in [5.41, 5.74) is 5.91. The lowest BCUT2D eigenvalue weighted by molar-refractivity contribution is -0.147. The summed E-state index contributed by atoms with van der Waals surface area (Å²) >= 11 is 0. The Bertz CT molecular complexity index is 330. The Morgan fingerprint density at radius 3 is 2.86 bits per heavy atom. The third-order valence-electron chi connectivity index (χ3n) is 4.12. The third kappa shape index (κ3) is 0.706. The van der Waals surface area contributed by atoms with Crippen LogP contribution >= 0.6 is 0 Å². The summed E-state index contributed by atoms with van der Waals surface area (Å²) in [6, 6.07) is -0.128. The molecule has 2 bridgehead atoms. The highest BCUT2D eigenvalue weighted by molar-refractivity contribution is 5.89. The van der Waals surface area contributed by atoms with Crippen molar-refractivity contribution < 1.29 is 14.7 Å². The maximum Gasteiger partial charge on any atom is 0.307 e. The first-order valence-corrected chi connectivity index (χ1v) is 4.90. The molecule has 2 saturated carbocycles. The summed E-state index contributed by atoms with van der Waals surface area (Å²) in [5.74, 6) is -1.68. The smallest absolute Gasteiger partial charge is 0.307 e. The van der Waals surface area contributed by atoms with Gasteiger partial charge in [-0.2, -0.15) is 0 Å². The number of rotatable bonds is 1. The number of nitrogens with two attached hydrogens (primary N) is 1. The van der Waals surface area contributed by atoms with Crippen LogP contribution in [-0.4, -0.2) is 29.1 Å². The second-order valence-electron chi connectivity index (χ2n) is 4.56. The van der Waals surface area contributed by atoms with Crippen molar-refractivity contribution in [2.75, 3.05) is 0 Å². The van der Waals surface area contributed by atoms with E-state index in [0.29, 0.717) is 0 Å². The molecule has 1 saturated heterocycles. The number of fused-ring (bicyclic) bond motifs is 1. The minimum absolute atomic E-state index is 0.00792. The number of carboxylic acids is 1. The molecule has 5 nitrogen and oxygen atoms in total. The van der Waals surface area contributed by atoms with Crippen molar-refractivity contribution in [1.82, 2.24) is 5.32 Å². The number of carboxylic acid groups (broad SMARTS) is 1. The molecule has 76 valence electrons. The lowest BCUT2D eigenvalue weighted by Crippen LogP contribution is -2.47. The molecule has 1 amide bonds. The fraction of sp³-hybridized carbons (Fsp3) is 0.778. The summed E-state index contributed by atoms with van der Waals surface area (Å²) in [6.07, 6.45) is 0.798. The first-order valence-electron chi connectivity index (χ1n) is 4.90. The van der Waals surface area contributed by atoms with Crippen molar-refractivity contribution in [2.45, 2.75) is 18.5 Å². The van der Waals surface area contributed by atoms with Crippen LogP contribution in [0.4, 0.5) is 0 Å². The zero-order valence-corrected chi connectivity index (χ0v) is 7.51. The molecule has 3 aliphatic rings. The molecule has 0 aromatic carbocycles. The SMILES string of the molecule is N[C@@H]1[C@H]2C[C@H]3[C@@H]1NC(=O)[C@@H]3[C@H]2C(=O)O. The van der Waals surface area contributed by atoms with Gasteiger partial charge < -0.3 is 16.2 Å². The van der Waals surface area contributed by atoms with Crippen LogP contribution in [0.25, 0.3) is 0 Å². The minimum atomic E-state index is -0.867. The molecule has 1 aliphatic heterocycles. The second-order valence-corrected chi connectivity index (χ2v) is 4.56. The average Bonchev–Trinajstić information content (AvgIpc) is 2.67. The van der Waals surface area contributed by atoms with Gasteiger partial charge in [-0.15, -0.1) is 0 Å². The van der Waals surface area contributed by atoms with Crippen LogP contribution in [0.2, 0.25) is 0 Å². The molecule has 0 spiro atoms. The summed E-state index contributed by atoms with van der Waals surface area (Å²) in [6.45, 7) is 0. The quantitative estimate of drug-likeness (QED) is 0.490. The highest BCUT2D eigenvalue weighted by Crippen LogP contribution is 2.54. The zero-order chi connectivity index (χ0) is 10.0. The highest BCUT2D eigenvalue weighted by Gasteiger charge is 2.65. The van der Waals surface area contributed by atoms with Gasteiger partial charge in [0.25, 0.3) is 0 Å². The molecule has 0 radical (unpaired) electrons. The standard InChI is InChI=1S/C9H12N2O3/c10-6-2-1-3-4(5(2)9(13)14)8(12)11-7(3)6/h2-7H,1,10H2,(H,11,12)(H,13,14)/t2-,3+,4-,5-,6+,7-/m0/s1.